The zero-order valence-corrected chi connectivity index (χ0v) is 14.3. The van der Waals surface area contributed by atoms with Crippen LogP contribution in [0.5, 0.6) is 0 Å². The SMILES string of the molecule is CC(CNC(C)(C)C)CN1CC2CCCCN2CC1C. The van der Waals surface area contributed by atoms with Crippen LogP contribution in [0, 0.1) is 5.92 Å². The first kappa shape index (κ1) is 16.3. The molecular formula is C17H35N3. The van der Waals surface area contributed by atoms with Gasteiger partial charge < -0.3 is 5.32 Å². The molecule has 0 bridgehead atoms. The molecule has 1 N–H and O–H groups in total. The number of hydrogen-bond donors (Lipinski definition) is 1. The van der Waals surface area contributed by atoms with Crippen molar-refractivity contribution >= 4 is 0 Å². The maximum absolute atomic E-state index is 3.65. The van der Waals surface area contributed by atoms with E-state index in [1.807, 2.05) is 0 Å². The van der Waals surface area contributed by atoms with Gasteiger partial charge in [-0.2, -0.15) is 0 Å². The van der Waals surface area contributed by atoms with E-state index in [1.54, 1.807) is 0 Å². The van der Waals surface area contributed by atoms with Crippen LogP contribution in [0.15, 0.2) is 0 Å². The molecule has 0 amide bonds. The summed E-state index contributed by atoms with van der Waals surface area (Å²) in [4.78, 5) is 5.48. The van der Waals surface area contributed by atoms with Gasteiger partial charge in [-0.25, -0.2) is 0 Å². The fourth-order valence-electron chi connectivity index (χ4n) is 3.61. The molecule has 2 rings (SSSR count). The molecule has 2 fully saturated rings. The van der Waals surface area contributed by atoms with E-state index < -0.39 is 0 Å². The topological polar surface area (TPSA) is 18.5 Å². The molecule has 0 aliphatic carbocycles. The third-order valence-electron chi connectivity index (χ3n) is 4.84. The van der Waals surface area contributed by atoms with Gasteiger partial charge in [0, 0.05) is 37.3 Å². The van der Waals surface area contributed by atoms with Crippen molar-refractivity contribution in [3.63, 3.8) is 0 Å². The Morgan fingerprint density at radius 1 is 1.20 bits per heavy atom. The van der Waals surface area contributed by atoms with Gasteiger partial charge in [0.25, 0.3) is 0 Å². The Morgan fingerprint density at radius 3 is 2.65 bits per heavy atom. The van der Waals surface area contributed by atoms with Crippen LogP contribution in [0.4, 0.5) is 0 Å². The number of fused-ring (bicyclic) bond motifs is 1. The highest BCUT2D eigenvalue weighted by atomic mass is 15.3. The molecule has 0 aromatic rings. The zero-order chi connectivity index (χ0) is 14.8. The summed E-state index contributed by atoms with van der Waals surface area (Å²) < 4.78 is 0. The molecule has 0 saturated carbocycles. The minimum Gasteiger partial charge on any atom is -0.312 e. The van der Waals surface area contributed by atoms with E-state index in [0.29, 0.717) is 0 Å². The lowest BCUT2D eigenvalue weighted by molar-refractivity contribution is 0.00859. The average molecular weight is 281 g/mol. The minimum atomic E-state index is 0.238. The van der Waals surface area contributed by atoms with Crippen LogP contribution in [-0.4, -0.2) is 60.1 Å². The van der Waals surface area contributed by atoms with Gasteiger partial charge in [-0.1, -0.05) is 13.3 Å². The maximum atomic E-state index is 3.65. The third kappa shape index (κ3) is 4.71. The van der Waals surface area contributed by atoms with Crippen molar-refractivity contribution < 1.29 is 0 Å². The highest BCUT2D eigenvalue weighted by molar-refractivity contribution is 4.89. The molecule has 0 aromatic carbocycles. The zero-order valence-electron chi connectivity index (χ0n) is 14.3. The summed E-state index contributed by atoms with van der Waals surface area (Å²) >= 11 is 0. The summed E-state index contributed by atoms with van der Waals surface area (Å²) in [5, 5.41) is 3.65. The molecule has 20 heavy (non-hydrogen) atoms. The maximum Gasteiger partial charge on any atom is 0.0223 e. The lowest BCUT2D eigenvalue weighted by Gasteiger charge is -2.48. The van der Waals surface area contributed by atoms with Crippen molar-refractivity contribution in [3.8, 4) is 0 Å². The standard InChI is InChI=1S/C17H35N3/c1-14(10-18-17(3,4)5)11-20-13-16-8-6-7-9-19(16)12-15(20)2/h14-16,18H,6-13H2,1-5H3. The summed E-state index contributed by atoms with van der Waals surface area (Å²) in [6.45, 7) is 17.8. The lowest BCUT2D eigenvalue weighted by atomic mass is 9.96. The molecule has 3 nitrogen and oxygen atoms in total. The first-order valence-electron chi connectivity index (χ1n) is 8.58. The molecule has 3 heteroatoms. The van der Waals surface area contributed by atoms with Gasteiger partial charge >= 0.3 is 0 Å². The van der Waals surface area contributed by atoms with E-state index in [9.17, 15) is 0 Å². The average Bonchev–Trinajstić information content (AvgIpc) is 2.36. The van der Waals surface area contributed by atoms with Crippen LogP contribution in [0.1, 0.15) is 53.9 Å². The number of piperazine rings is 1. The Morgan fingerprint density at radius 2 is 1.95 bits per heavy atom. The van der Waals surface area contributed by atoms with E-state index >= 15 is 0 Å². The van der Waals surface area contributed by atoms with E-state index in [4.69, 9.17) is 0 Å². The highest BCUT2D eigenvalue weighted by Crippen LogP contribution is 2.24. The molecule has 2 heterocycles. The van der Waals surface area contributed by atoms with E-state index in [2.05, 4.69) is 49.7 Å². The van der Waals surface area contributed by atoms with Gasteiger partial charge in [-0.15, -0.1) is 0 Å². The van der Waals surface area contributed by atoms with Crippen molar-refractivity contribution in [2.24, 2.45) is 5.92 Å². The van der Waals surface area contributed by atoms with Gasteiger partial charge in [-0.3, -0.25) is 9.80 Å². The molecule has 0 radical (unpaired) electrons. The fourth-order valence-corrected chi connectivity index (χ4v) is 3.61. The normalized spacial score (nSPS) is 31.1. The molecule has 2 aliphatic rings. The van der Waals surface area contributed by atoms with Crippen molar-refractivity contribution in [2.45, 2.75) is 71.5 Å². The molecule has 0 aromatic heterocycles. The smallest absolute Gasteiger partial charge is 0.0223 e. The van der Waals surface area contributed by atoms with Gasteiger partial charge in [0.1, 0.15) is 0 Å². The second-order valence-electron chi connectivity index (χ2n) is 8.18. The van der Waals surface area contributed by atoms with E-state index in [1.165, 1.54) is 45.4 Å². The lowest BCUT2D eigenvalue weighted by Crippen LogP contribution is -2.59. The summed E-state index contributed by atoms with van der Waals surface area (Å²) in [5.74, 6) is 0.729. The Bertz CT molecular complexity index is 297. The Kier molecular flexibility index (Phi) is 5.49. The first-order chi connectivity index (χ1) is 9.35. The van der Waals surface area contributed by atoms with Gasteiger partial charge in [0.15, 0.2) is 0 Å². The Balaban J connectivity index is 1.79. The van der Waals surface area contributed by atoms with Crippen LogP contribution < -0.4 is 5.32 Å². The minimum absolute atomic E-state index is 0.238. The Hall–Kier alpha value is -0.120. The number of nitrogens with zero attached hydrogens (tertiary/aromatic N) is 2. The number of nitrogens with one attached hydrogen (secondary N) is 1. The summed E-state index contributed by atoms with van der Waals surface area (Å²) in [6, 6.07) is 1.56. The molecule has 118 valence electrons. The van der Waals surface area contributed by atoms with Crippen molar-refractivity contribution in [1.29, 1.82) is 0 Å². The van der Waals surface area contributed by atoms with Gasteiger partial charge in [0.2, 0.25) is 0 Å². The molecule has 2 saturated heterocycles. The summed E-state index contributed by atoms with van der Waals surface area (Å²) in [5.41, 5.74) is 0.238. The van der Waals surface area contributed by atoms with Crippen molar-refractivity contribution in [2.75, 3.05) is 32.7 Å². The van der Waals surface area contributed by atoms with Gasteiger partial charge in [-0.05, 0) is 59.5 Å². The van der Waals surface area contributed by atoms with Crippen LogP contribution in [0.2, 0.25) is 0 Å². The van der Waals surface area contributed by atoms with Crippen molar-refractivity contribution in [1.82, 2.24) is 15.1 Å². The Labute approximate surface area is 126 Å². The fraction of sp³-hybridized carbons (Fsp3) is 1.00. The second kappa shape index (κ2) is 6.76. The predicted molar refractivity (Wildman–Crippen MR) is 87.2 cm³/mol. The largest absolute Gasteiger partial charge is 0.312 e. The van der Waals surface area contributed by atoms with Crippen molar-refractivity contribution in [3.05, 3.63) is 0 Å². The number of hydrogen-bond acceptors (Lipinski definition) is 3. The quantitative estimate of drug-likeness (QED) is 0.854. The van der Waals surface area contributed by atoms with Crippen LogP contribution in [0.3, 0.4) is 0 Å². The molecule has 2 aliphatic heterocycles. The summed E-state index contributed by atoms with van der Waals surface area (Å²) in [7, 11) is 0. The molecular weight excluding hydrogens is 246 g/mol. The predicted octanol–water partition coefficient (Wildman–Crippen LogP) is 2.57. The van der Waals surface area contributed by atoms with E-state index in [0.717, 1.165) is 24.5 Å². The number of piperidine rings is 1. The van der Waals surface area contributed by atoms with E-state index in [-0.39, 0.29) is 5.54 Å². The van der Waals surface area contributed by atoms with Gasteiger partial charge in [0.05, 0.1) is 0 Å². The third-order valence-corrected chi connectivity index (χ3v) is 4.84. The van der Waals surface area contributed by atoms with Crippen LogP contribution in [0.25, 0.3) is 0 Å². The number of rotatable bonds is 4. The monoisotopic (exact) mass is 281 g/mol. The summed E-state index contributed by atoms with van der Waals surface area (Å²) in [6.07, 6.45) is 4.26. The van der Waals surface area contributed by atoms with Crippen LogP contribution in [-0.2, 0) is 0 Å². The highest BCUT2D eigenvalue weighted by Gasteiger charge is 2.33. The second-order valence-corrected chi connectivity index (χ2v) is 8.18. The first-order valence-corrected chi connectivity index (χ1v) is 8.58. The molecule has 3 atom stereocenters. The van der Waals surface area contributed by atoms with Crippen LogP contribution >= 0.6 is 0 Å². The molecule has 3 unspecified atom stereocenters. The molecule has 0 spiro atoms.